The molecule has 0 aliphatic heterocycles. The maximum atomic E-state index is 5.93. The van der Waals surface area contributed by atoms with Crippen molar-refractivity contribution in [2.24, 2.45) is 11.7 Å². The van der Waals surface area contributed by atoms with E-state index in [4.69, 9.17) is 14.9 Å². The largest absolute Gasteiger partial charge is 0.436 e. The van der Waals surface area contributed by atoms with Crippen molar-refractivity contribution in [2.45, 2.75) is 25.6 Å². The van der Waals surface area contributed by atoms with Crippen LogP contribution in [0.1, 0.15) is 18.4 Å². The van der Waals surface area contributed by atoms with Gasteiger partial charge in [0, 0.05) is 12.1 Å². The molecule has 0 saturated heterocycles. The van der Waals surface area contributed by atoms with Gasteiger partial charge in [-0.1, -0.05) is 24.3 Å². The molecule has 1 aliphatic carbocycles. The Morgan fingerprint density at radius 2 is 1.91 bits per heavy atom. The fourth-order valence-corrected chi connectivity index (χ4v) is 2.81. The summed E-state index contributed by atoms with van der Waals surface area (Å²) in [5.41, 5.74) is 9.58. The summed E-state index contributed by atoms with van der Waals surface area (Å²) in [7, 11) is 0. The van der Waals surface area contributed by atoms with Gasteiger partial charge < -0.3 is 14.9 Å². The Morgan fingerprint density at radius 3 is 2.61 bits per heavy atom. The number of aromatic nitrogens is 1. The number of oxazole rings is 1. The van der Waals surface area contributed by atoms with Gasteiger partial charge in [-0.15, -0.1) is 0 Å². The number of hydrogen-bond donors (Lipinski definition) is 1. The normalized spacial score (nSPS) is 15.9. The van der Waals surface area contributed by atoms with E-state index in [-0.39, 0.29) is 6.10 Å². The number of para-hydroxylation sites is 2. The van der Waals surface area contributed by atoms with Gasteiger partial charge in [0.15, 0.2) is 5.58 Å². The van der Waals surface area contributed by atoms with Gasteiger partial charge >= 0.3 is 0 Å². The third-order valence-corrected chi connectivity index (χ3v) is 4.34. The van der Waals surface area contributed by atoms with Crippen LogP contribution in [0.5, 0.6) is 0 Å². The van der Waals surface area contributed by atoms with Gasteiger partial charge in [-0.3, -0.25) is 0 Å². The third kappa shape index (κ3) is 3.14. The van der Waals surface area contributed by atoms with Crippen LogP contribution in [0.25, 0.3) is 22.6 Å². The monoisotopic (exact) mass is 308 g/mol. The number of nitrogens with two attached hydrogens (primary N) is 1. The van der Waals surface area contributed by atoms with Crippen molar-refractivity contribution in [2.75, 3.05) is 6.54 Å². The Labute approximate surface area is 135 Å². The molecule has 1 aliphatic rings. The second kappa shape index (κ2) is 6.14. The Kier molecular flexibility index (Phi) is 3.85. The summed E-state index contributed by atoms with van der Waals surface area (Å²) in [6.45, 7) is 1.21. The molecule has 0 radical (unpaired) electrons. The quantitative estimate of drug-likeness (QED) is 0.753. The Morgan fingerprint density at radius 1 is 1.13 bits per heavy atom. The van der Waals surface area contributed by atoms with E-state index in [9.17, 15) is 0 Å². The van der Waals surface area contributed by atoms with E-state index in [1.807, 2.05) is 36.4 Å². The van der Waals surface area contributed by atoms with Crippen LogP contribution in [0, 0.1) is 5.92 Å². The summed E-state index contributed by atoms with van der Waals surface area (Å²) in [5, 5.41) is 0. The van der Waals surface area contributed by atoms with Crippen LogP contribution < -0.4 is 5.73 Å². The molecular formula is C19H20N2O2. The predicted octanol–water partition coefficient (Wildman–Crippen LogP) is 3.75. The van der Waals surface area contributed by atoms with Crippen LogP contribution in [0.15, 0.2) is 52.9 Å². The molecule has 0 bridgehead atoms. The van der Waals surface area contributed by atoms with Crippen molar-refractivity contribution in [3.8, 4) is 11.5 Å². The molecule has 3 aromatic rings. The molecule has 4 rings (SSSR count). The fourth-order valence-electron chi connectivity index (χ4n) is 2.81. The highest BCUT2D eigenvalue weighted by Crippen LogP contribution is 2.34. The van der Waals surface area contributed by atoms with Gasteiger partial charge in [0.05, 0.1) is 12.7 Å². The SMILES string of the molecule is NCC(OCc1ccc(-c2nc3ccccc3o2)cc1)C1CC1. The minimum absolute atomic E-state index is 0.201. The van der Waals surface area contributed by atoms with Gasteiger partial charge in [-0.2, -0.15) is 0 Å². The predicted molar refractivity (Wildman–Crippen MR) is 89.8 cm³/mol. The zero-order chi connectivity index (χ0) is 15.6. The Bertz CT molecular complexity index is 757. The van der Waals surface area contributed by atoms with Crippen LogP contribution in [0.3, 0.4) is 0 Å². The van der Waals surface area contributed by atoms with Gasteiger partial charge in [-0.25, -0.2) is 4.98 Å². The number of nitrogens with zero attached hydrogens (tertiary/aromatic N) is 1. The lowest BCUT2D eigenvalue weighted by Crippen LogP contribution is -2.25. The fraction of sp³-hybridized carbons (Fsp3) is 0.316. The Hall–Kier alpha value is -2.17. The molecule has 1 saturated carbocycles. The van der Waals surface area contributed by atoms with Crippen molar-refractivity contribution in [1.82, 2.24) is 4.98 Å². The molecule has 1 unspecified atom stereocenters. The van der Waals surface area contributed by atoms with E-state index in [1.165, 1.54) is 12.8 Å². The molecule has 118 valence electrons. The number of ether oxygens (including phenoxy) is 1. The highest BCUT2D eigenvalue weighted by atomic mass is 16.5. The standard InChI is InChI=1S/C19H20N2O2/c20-11-18(14-9-10-14)22-12-13-5-7-15(8-6-13)19-21-16-3-1-2-4-17(16)23-19/h1-8,14,18H,9-12,20H2. The van der Waals surface area contributed by atoms with Crippen molar-refractivity contribution in [3.05, 3.63) is 54.1 Å². The first-order valence-corrected chi connectivity index (χ1v) is 8.10. The molecule has 0 spiro atoms. The molecule has 2 N–H and O–H groups in total. The molecule has 1 fully saturated rings. The summed E-state index contributed by atoms with van der Waals surface area (Å²) < 4.78 is 11.7. The zero-order valence-electron chi connectivity index (χ0n) is 12.9. The molecule has 1 atom stereocenters. The van der Waals surface area contributed by atoms with E-state index in [2.05, 4.69) is 17.1 Å². The smallest absolute Gasteiger partial charge is 0.227 e. The zero-order valence-corrected chi connectivity index (χ0v) is 12.9. The molecular weight excluding hydrogens is 288 g/mol. The van der Waals surface area contributed by atoms with Gasteiger partial charge in [0.25, 0.3) is 0 Å². The van der Waals surface area contributed by atoms with E-state index in [1.54, 1.807) is 0 Å². The molecule has 4 heteroatoms. The first kappa shape index (κ1) is 14.4. The molecule has 4 nitrogen and oxygen atoms in total. The number of fused-ring (bicyclic) bond motifs is 1. The lowest BCUT2D eigenvalue weighted by Gasteiger charge is -2.15. The molecule has 0 amide bonds. The average molecular weight is 308 g/mol. The number of rotatable bonds is 6. The third-order valence-electron chi connectivity index (χ3n) is 4.34. The summed E-state index contributed by atoms with van der Waals surface area (Å²) in [4.78, 5) is 4.52. The van der Waals surface area contributed by atoms with E-state index in [0.717, 1.165) is 22.2 Å². The number of hydrogen-bond acceptors (Lipinski definition) is 4. The van der Waals surface area contributed by atoms with E-state index < -0.39 is 0 Å². The van der Waals surface area contributed by atoms with Crippen molar-refractivity contribution in [3.63, 3.8) is 0 Å². The summed E-state index contributed by atoms with van der Waals surface area (Å²) >= 11 is 0. The van der Waals surface area contributed by atoms with Gasteiger partial charge in [-0.05, 0) is 48.6 Å². The minimum Gasteiger partial charge on any atom is -0.436 e. The number of benzene rings is 2. The first-order chi connectivity index (χ1) is 11.3. The van der Waals surface area contributed by atoms with Crippen LogP contribution in [-0.4, -0.2) is 17.6 Å². The topological polar surface area (TPSA) is 61.3 Å². The second-order valence-corrected chi connectivity index (χ2v) is 6.11. The molecule has 2 aromatic carbocycles. The van der Waals surface area contributed by atoms with Gasteiger partial charge in [0.1, 0.15) is 5.52 Å². The second-order valence-electron chi connectivity index (χ2n) is 6.11. The van der Waals surface area contributed by atoms with Crippen LogP contribution in [0.4, 0.5) is 0 Å². The summed E-state index contributed by atoms with van der Waals surface area (Å²) in [5.74, 6) is 1.32. The Balaban J connectivity index is 1.46. The van der Waals surface area contributed by atoms with Gasteiger partial charge in [0.2, 0.25) is 5.89 Å². The maximum Gasteiger partial charge on any atom is 0.227 e. The molecule has 23 heavy (non-hydrogen) atoms. The molecule has 1 aromatic heterocycles. The first-order valence-electron chi connectivity index (χ1n) is 8.10. The van der Waals surface area contributed by atoms with Crippen LogP contribution in [0.2, 0.25) is 0 Å². The minimum atomic E-state index is 0.201. The highest BCUT2D eigenvalue weighted by Gasteiger charge is 2.30. The maximum absolute atomic E-state index is 5.93. The van der Waals surface area contributed by atoms with Crippen LogP contribution >= 0.6 is 0 Å². The summed E-state index contributed by atoms with van der Waals surface area (Å²) in [6, 6.07) is 16.0. The average Bonchev–Trinajstić information content (AvgIpc) is 3.34. The summed E-state index contributed by atoms with van der Waals surface area (Å²) in [6.07, 6.45) is 2.70. The molecule has 1 heterocycles. The van der Waals surface area contributed by atoms with E-state index >= 15 is 0 Å². The lowest BCUT2D eigenvalue weighted by molar-refractivity contribution is 0.0320. The van der Waals surface area contributed by atoms with Crippen molar-refractivity contribution in [1.29, 1.82) is 0 Å². The van der Waals surface area contributed by atoms with E-state index in [0.29, 0.717) is 25.0 Å². The van der Waals surface area contributed by atoms with Crippen molar-refractivity contribution < 1.29 is 9.15 Å². The highest BCUT2D eigenvalue weighted by molar-refractivity contribution is 5.75. The van der Waals surface area contributed by atoms with Crippen LogP contribution in [-0.2, 0) is 11.3 Å². The van der Waals surface area contributed by atoms with Crippen molar-refractivity contribution >= 4 is 11.1 Å². The lowest BCUT2D eigenvalue weighted by atomic mass is 10.1.